The van der Waals surface area contributed by atoms with Gasteiger partial charge in [-0.3, -0.25) is 0 Å². The van der Waals surface area contributed by atoms with Crippen LogP contribution < -0.4 is 5.73 Å². The van der Waals surface area contributed by atoms with Crippen molar-refractivity contribution in [2.24, 2.45) is 11.7 Å². The van der Waals surface area contributed by atoms with Crippen molar-refractivity contribution in [2.45, 2.75) is 54.9 Å². The van der Waals surface area contributed by atoms with Crippen LogP contribution in [0.2, 0.25) is 0 Å². The summed E-state index contributed by atoms with van der Waals surface area (Å²) in [7, 11) is 0. The first-order valence-electron chi connectivity index (χ1n) is 11.1. The molecular weight excluding hydrogens is 374 g/mol. The fraction of sp³-hybridized carbons (Fsp3) is 0.333. The summed E-state index contributed by atoms with van der Waals surface area (Å²) < 4.78 is 0. The molecule has 31 heavy (non-hydrogen) atoms. The smallest absolute Gasteiger partial charge is 0.0187 e. The van der Waals surface area contributed by atoms with Crippen molar-refractivity contribution in [3.8, 4) is 0 Å². The fourth-order valence-electron chi connectivity index (χ4n) is 4.50. The average Bonchev–Trinajstić information content (AvgIpc) is 2.70. The van der Waals surface area contributed by atoms with Crippen LogP contribution >= 0.6 is 0 Å². The molecule has 0 saturated carbocycles. The van der Waals surface area contributed by atoms with Gasteiger partial charge in [0.2, 0.25) is 0 Å². The van der Waals surface area contributed by atoms with Crippen molar-refractivity contribution in [1.29, 1.82) is 0 Å². The van der Waals surface area contributed by atoms with Crippen LogP contribution in [0.1, 0.15) is 55.5 Å². The monoisotopic (exact) mass is 413 g/mol. The third-order valence-corrected chi connectivity index (χ3v) is 6.43. The van der Waals surface area contributed by atoms with E-state index in [1.54, 1.807) is 0 Å². The first-order chi connectivity index (χ1) is 14.6. The van der Waals surface area contributed by atoms with Gasteiger partial charge in [-0.05, 0) is 93.9 Å². The molecule has 1 nitrogen and oxygen atoms in total. The van der Waals surface area contributed by atoms with Crippen LogP contribution in [0.3, 0.4) is 0 Å². The number of benzene rings is 2. The fourth-order valence-corrected chi connectivity index (χ4v) is 4.50. The molecule has 2 aromatic rings. The van der Waals surface area contributed by atoms with Gasteiger partial charge in [0.05, 0.1) is 0 Å². The predicted molar refractivity (Wildman–Crippen MR) is 138 cm³/mol. The molecule has 1 atom stereocenters. The Bertz CT molecular complexity index is 1010. The van der Waals surface area contributed by atoms with Gasteiger partial charge in [-0.15, -0.1) is 0 Å². The number of hydrogen-bond acceptors (Lipinski definition) is 1. The van der Waals surface area contributed by atoms with E-state index in [9.17, 15) is 0 Å². The number of aryl methyl sites for hydroxylation is 3. The minimum Gasteiger partial charge on any atom is -0.326 e. The molecule has 0 aliphatic rings. The molecule has 0 bridgehead atoms. The normalized spacial score (nSPS) is 13.9. The molecule has 2 aromatic carbocycles. The minimum absolute atomic E-state index is 0.235. The Morgan fingerprint density at radius 2 is 1.42 bits per heavy atom. The number of rotatable bonds is 8. The highest BCUT2D eigenvalue weighted by Crippen LogP contribution is 2.35. The van der Waals surface area contributed by atoms with Crippen LogP contribution in [0.25, 0.3) is 5.57 Å². The average molecular weight is 414 g/mol. The molecule has 2 N–H and O–H groups in total. The molecule has 164 valence electrons. The van der Waals surface area contributed by atoms with Gasteiger partial charge in [0.1, 0.15) is 0 Å². The predicted octanol–water partition coefficient (Wildman–Crippen LogP) is 7.67. The Labute approximate surface area is 190 Å². The number of allylic oxidation sites excluding steroid dienone is 4. The Kier molecular flexibility index (Phi) is 8.42. The van der Waals surface area contributed by atoms with Crippen molar-refractivity contribution in [3.05, 3.63) is 111 Å². The first kappa shape index (κ1) is 24.6. The second-order valence-electron chi connectivity index (χ2n) is 8.99. The maximum Gasteiger partial charge on any atom is 0.0187 e. The first-order valence-corrected chi connectivity index (χ1v) is 11.1. The van der Waals surface area contributed by atoms with E-state index in [1.807, 2.05) is 0 Å². The third-order valence-electron chi connectivity index (χ3n) is 6.43. The van der Waals surface area contributed by atoms with Gasteiger partial charge in [0, 0.05) is 12.5 Å². The summed E-state index contributed by atoms with van der Waals surface area (Å²) in [6.07, 6.45) is 0.942. The third kappa shape index (κ3) is 5.74. The van der Waals surface area contributed by atoms with Crippen LogP contribution in [0.5, 0.6) is 0 Å². The second kappa shape index (κ2) is 10.6. The Balaban J connectivity index is 2.67. The minimum atomic E-state index is 0.235. The van der Waals surface area contributed by atoms with E-state index in [-0.39, 0.29) is 5.92 Å². The molecule has 0 spiro atoms. The standard InChI is InChI=1S/C30H39N/c1-19(2)27(17-28-22(6)11-10-12-23(28)7)25(9)30(20(3)4)29(18-31)24(8)26-15-13-21(5)14-16-26/h10-16,27H,1,3,17-18,31H2,2,4-9H3/b29-24+,30-25+. The highest BCUT2D eigenvalue weighted by atomic mass is 14.5. The topological polar surface area (TPSA) is 26.0 Å². The van der Waals surface area contributed by atoms with Crippen molar-refractivity contribution < 1.29 is 0 Å². The van der Waals surface area contributed by atoms with E-state index in [2.05, 4.69) is 104 Å². The van der Waals surface area contributed by atoms with E-state index in [0.29, 0.717) is 6.54 Å². The molecule has 0 aliphatic carbocycles. The zero-order valence-corrected chi connectivity index (χ0v) is 20.5. The highest BCUT2D eigenvalue weighted by Gasteiger charge is 2.21. The Hall–Kier alpha value is -2.64. The van der Waals surface area contributed by atoms with Gasteiger partial charge in [-0.25, -0.2) is 0 Å². The lowest BCUT2D eigenvalue weighted by Gasteiger charge is -2.26. The van der Waals surface area contributed by atoms with Gasteiger partial charge in [-0.1, -0.05) is 77.9 Å². The van der Waals surface area contributed by atoms with Gasteiger partial charge in [0.15, 0.2) is 0 Å². The van der Waals surface area contributed by atoms with Crippen molar-refractivity contribution in [3.63, 3.8) is 0 Å². The molecule has 0 amide bonds. The van der Waals surface area contributed by atoms with Crippen LogP contribution in [-0.4, -0.2) is 6.54 Å². The summed E-state index contributed by atoms with van der Waals surface area (Å²) in [5.41, 5.74) is 20.0. The quantitative estimate of drug-likeness (QED) is 0.349. The molecule has 0 radical (unpaired) electrons. The van der Waals surface area contributed by atoms with Crippen molar-refractivity contribution in [2.75, 3.05) is 6.54 Å². The van der Waals surface area contributed by atoms with Crippen LogP contribution in [0, 0.1) is 26.7 Å². The summed E-state index contributed by atoms with van der Waals surface area (Å²) >= 11 is 0. The van der Waals surface area contributed by atoms with E-state index in [4.69, 9.17) is 5.73 Å². The van der Waals surface area contributed by atoms with Crippen LogP contribution in [-0.2, 0) is 6.42 Å². The highest BCUT2D eigenvalue weighted by molar-refractivity contribution is 5.74. The molecule has 0 aromatic heterocycles. The van der Waals surface area contributed by atoms with E-state index in [0.717, 1.165) is 12.0 Å². The number of nitrogens with two attached hydrogens (primary N) is 1. The van der Waals surface area contributed by atoms with Gasteiger partial charge in [0.25, 0.3) is 0 Å². The molecule has 1 heteroatoms. The lowest BCUT2D eigenvalue weighted by Crippen LogP contribution is -2.16. The summed E-state index contributed by atoms with van der Waals surface area (Å²) in [6, 6.07) is 15.2. The summed E-state index contributed by atoms with van der Waals surface area (Å²) in [5.74, 6) is 0.235. The lowest BCUT2D eigenvalue weighted by molar-refractivity contribution is 0.696. The zero-order chi connectivity index (χ0) is 23.3. The Morgan fingerprint density at radius 1 is 0.871 bits per heavy atom. The molecule has 0 heterocycles. The van der Waals surface area contributed by atoms with Gasteiger partial charge >= 0.3 is 0 Å². The Morgan fingerprint density at radius 3 is 1.87 bits per heavy atom. The number of hydrogen-bond donors (Lipinski definition) is 1. The summed E-state index contributed by atoms with van der Waals surface area (Å²) in [6.45, 7) is 24.3. The maximum atomic E-state index is 6.34. The van der Waals surface area contributed by atoms with Crippen LogP contribution in [0.15, 0.2) is 83.5 Å². The van der Waals surface area contributed by atoms with Crippen LogP contribution in [0.4, 0.5) is 0 Å². The van der Waals surface area contributed by atoms with E-state index < -0.39 is 0 Å². The maximum absolute atomic E-state index is 6.34. The van der Waals surface area contributed by atoms with E-state index >= 15 is 0 Å². The second-order valence-corrected chi connectivity index (χ2v) is 8.99. The SMILES string of the molecule is C=C(C)C(/C(CN)=C(\C)c1ccc(C)cc1)=C(/C)C(Cc1c(C)cccc1C)C(=C)C. The molecule has 0 fully saturated rings. The van der Waals surface area contributed by atoms with Gasteiger partial charge < -0.3 is 5.73 Å². The van der Waals surface area contributed by atoms with Crippen molar-refractivity contribution in [1.82, 2.24) is 0 Å². The largest absolute Gasteiger partial charge is 0.326 e. The summed E-state index contributed by atoms with van der Waals surface area (Å²) in [4.78, 5) is 0. The zero-order valence-electron chi connectivity index (χ0n) is 20.5. The summed E-state index contributed by atoms with van der Waals surface area (Å²) in [5, 5.41) is 0. The van der Waals surface area contributed by atoms with E-state index in [1.165, 1.54) is 55.7 Å². The molecule has 2 rings (SSSR count). The lowest BCUT2D eigenvalue weighted by atomic mass is 9.79. The van der Waals surface area contributed by atoms with Gasteiger partial charge in [-0.2, -0.15) is 0 Å². The van der Waals surface area contributed by atoms with Crippen molar-refractivity contribution >= 4 is 5.57 Å². The molecule has 0 aliphatic heterocycles. The molecule has 1 unspecified atom stereocenters. The molecule has 0 saturated heterocycles. The molecular formula is C30H39N.